The number of nitrogens with one attached hydrogen (secondary N) is 1. The van der Waals surface area contributed by atoms with E-state index in [1.807, 2.05) is 41.3 Å². The van der Waals surface area contributed by atoms with Crippen molar-refractivity contribution in [2.45, 2.75) is 44.9 Å². The molecule has 1 aromatic heterocycles. The molecule has 4 rings (SSSR count). The van der Waals surface area contributed by atoms with E-state index in [1.54, 1.807) is 11.2 Å². The van der Waals surface area contributed by atoms with Gasteiger partial charge in [0, 0.05) is 50.3 Å². The third kappa shape index (κ3) is 5.58. The number of nitrogens with zero attached hydrogens (tertiary/aromatic N) is 2. The first kappa shape index (κ1) is 22.1. The molecule has 2 aliphatic heterocycles. The summed E-state index contributed by atoms with van der Waals surface area (Å²) >= 11 is 0. The zero-order chi connectivity index (χ0) is 22.3. The van der Waals surface area contributed by atoms with Crippen LogP contribution in [0.15, 0.2) is 47.1 Å². The molecule has 170 valence electrons. The van der Waals surface area contributed by atoms with E-state index in [0.717, 1.165) is 55.7 Å². The van der Waals surface area contributed by atoms with Gasteiger partial charge in [-0.1, -0.05) is 6.42 Å². The van der Waals surface area contributed by atoms with Gasteiger partial charge in [-0.05, 0) is 62.1 Å². The highest BCUT2D eigenvalue weighted by atomic mass is 16.3. The lowest BCUT2D eigenvalue weighted by Crippen LogP contribution is -2.45. The molecule has 3 heterocycles. The molecule has 0 saturated carbocycles. The first-order valence-corrected chi connectivity index (χ1v) is 11.6. The first-order valence-electron chi connectivity index (χ1n) is 11.6. The third-order valence-electron chi connectivity index (χ3n) is 6.37. The maximum atomic E-state index is 12.8. The molecule has 1 aromatic carbocycles. The van der Waals surface area contributed by atoms with Crippen LogP contribution in [0.4, 0.5) is 5.69 Å². The average molecular weight is 438 g/mol. The molecule has 3 amide bonds. The van der Waals surface area contributed by atoms with Gasteiger partial charge >= 0.3 is 0 Å². The van der Waals surface area contributed by atoms with Gasteiger partial charge in [0.25, 0.3) is 0 Å². The number of furan rings is 1. The number of carbonyl (C=O) groups is 3. The highest BCUT2D eigenvalue weighted by Crippen LogP contribution is 2.23. The highest BCUT2D eigenvalue weighted by molar-refractivity contribution is 5.93. The van der Waals surface area contributed by atoms with Gasteiger partial charge in [0.2, 0.25) is 17.7 Å². The Kier molecular flexibility index (Phi) is 7.24. The highest BCUT2D eigenvalue weighted by Gasteiger charge is 2.29. The van der Waals surface area contributed by atoms with E-state index in [9.17, 15) is 14.4 Å². The van der Waals surface area contributed by atoms with Crippen molar-refractivity contribution in [3.63, 3.8) is 0 Å². The van der Waals surface area contributed by atoms with Crippen molar-refractivity contribution in [1.82, 2.24) is 9.80 Å². The quantitative estimate of drug-likeness (QED) is 0.743. The van der Waals surface area contributed by atoms with Crippen LogP contribution in [0.2, 0.25) is 0 Å². The van der Waals surface area contributed by atoms with E-state index >= 15 is 0 Å². The topological polar surface area (TPSA) is 82.9 Å². The second-order valence-electron chi connectivity index (χ2n) is 8.66. The number of amides is 3. The number of anilines is 1. The Balaban J connectivity index is 1.27. The molecule has 2 saturated heterocycles. The van der Waals surface area contributed by atoms with Crippen molar-refractivity contribution in [1.29, 1.82) is 0 Å². The van der Waals surface area contributed by atoms with E-state index in [0.29, 0.717) is 32.5 Å². The fraction of sp³-hybridized carbons (Fsp3) is 0.480. The zero-order valence-corrected chi connectivity index (χ0v) is 18.4. The predicted octanol–water partition coefficient (Wildman–Crippen LogP) is 3.92. The SMILES string of the molecule is O=C(Nc1ccc(-c2ccco2)cc1)[C@@H]1CCCN(C(=O)CCN2CCCCCC2=O)C1. The summed E-state index contributed by atoms with van der Waals surface area (Å²) in [5, 5.41) is 2.98. The van der Waals surface area contributed by atoms with Gasteiger partial charge in [0.05, 0.1) is 12.2 Å². The van der Waals surface area contributed by atoms with Crippen LogP contribution in [-0.2, 0) is 14.4 Å². The standard InChI is InChI=1S/C25H31N3O4/c29-23-8-2-1-3-14-27(23)16-13-24(30)28-15-4-6-20(18-28)25(31)26-21-11-9-19(10-12-21)22-7-5-17-32-22/h5,7,9-12,17,20H,1-4,6,8,13-16,18H2,(H,26,31)/t20-/m1/s1. The van der Waals surface area contributed by atoms with Crippen LogP contribution in [0.25, 0.3) is 11.3 Å². The Labute approximate surface area is 188 Å². The lowest BCUT2D eigenvalue weighted by atomic mass is 9.96. The van der Waals surface area contributed by atoms with Gasteiger partial charge in [-0.3, -0.25) is 14.4 Å². The maximum Gasteiger partial charge on any atom is 0.229 e. The number of likely N-dealkylation sites (tertiary alicyclic amines) is 2. The summed E-state index contributed by atoms with van der Waals surface area (Å²) in [7, 11) is 0. The van der Waals surface area contributed by atoms with Gasteiger partial charge in [-0.25, -0.2) is 0 Å². The molecule has 32 heavy (non-hydrogen) atoms. The van der Waals surface area contributed by atoms with Crippen molar-refractivity contribution in [3.8, 4) is 11.3 Å². The summed E-state index contributed by atoms with van der Waals surface area (Å²) in [5.74, 6) is 0.686. The maximum absolute atomic E-state index is 12.8. The lowest BCUT2D eigenvalue weighted by Gasteiger charge is -2.32. The van der Waals surface area contributed by atoms with Crippen LogP contribution in [0.3, 0.4) is 0 Å². The molecule has 1 atom stereocenters. The molecule has 0 radical (unpaired) electrons. The molecule has 7 nitrogen and oxygen atoms in total. The fourth-order valence-corrected chi connectivity index (χ4v) is 4.49. The van der Waals surface area contributed by atoms with Gasteiger partial charge in [-0.2, -0.15) is 0 Å². The van der Waals surface area contributed by atoms with Crippen LogP contribution < -0.4 is 5.32 Å². The minimum atomic E-state index is -0.225. The zero-order valence-electron chi connectivity index (χ0n) is 18.4. The number of hydrogen-bond donors (Lipinski definition) is 1. The Morgan fingerprint density at radius 3 is 2.66 bits per heavy atom. The molecule has 0 aliphatic carbocycles. The third-order valence-corrected chi connectivity index (χ3v) is 6.37. The summed E-state index contributed by atoms with van der Waals surface area (Å²) in [6, 6.07) is 11.3. The molecule has 0 unspecified atom stereocenters. The van der Waals surface area contributed by atoms with Crippen molar-refractivity contribution in [2.75, 3.05) is 31.5 Å². The van der Waals surface area contributed by atoms with Crippen molar-refractivity contribution >= 4 is 23.4 Å². The number of carbonyl (C=O) groups excluding carboxylic acids is 3. The number of piperidine rings is 1. The minimum absolute atomic E-state index is 0.0300. The second kappa shape index (κ2) is 10.5. The second-order valence-corrected chi connectivity index (χ2v) is 8.66. The number of rotatable bonds is 6. The summed E-state index contributed by atoms with van der Waals surface area (Å²) in [6.07, 6.45) is 7.15. The fourth-order valence-electron chi connectivity index (χ4n) is 4.49. The molecule has 2 aromatic rings. The lowest BCUT2D eigenvalue weighted by molar-refractivity contribution is -0.136. The molecule has 0 bridgehead atoms. The molecule has 0 spiro atoms. The van der Waals surface area contributed by atoms with Crippen molar-refractivity contribution < 1.29 is 18.8 Å². The van der Waals surface area contributed by atoms with Gasteiger partial charge in [-0.15, -0.1) is 0 Å². The van der Waals surface area contributed by atoms with E-state index in [4.69, 9.17) is 4.42 Å². The molecular weight excluding hydrogens is 406 g/mol. The van der Waals surface area contributed by atoms with E-state index in [2.05, 4.69) is 5.32 Å². The summed E-state index contributed by atoms with van der Waals surface area (Å²) in [4.78, 5) is 41.3. The Morgan fingerprint density at radius 1 is 1.03 bits per heavy atom. The largest absolute Gasteiger partial charge is 0.464 e. The molecule has 7 heteroatoms. The molecule has 2 fully saturated rings. The average Bonchev–Trinajstić information content (AvgIpc) is 3.28. The summed E-state index contributed by atoms with van der Waals surface area (Å²) in [5.41, 5.74) is 1.68. The van der Waals surface area contributed by atoms with Crippen LogP contribution in [-0.4, -0.2) is 53.7 Å². The van der Waals surface area contributed by atoms with E-state index in [1.165, 1.54) is 0 Å². The van der Waals surface area contributed by atoms with Gasteiger partial charge < -0.3 is 19.5 Å². The van der Waals surface area contributed by atoms with Crippen molar-refractivity contribution in [2.24, 2.45) is 5.92 Å². The predicted molar refractivity (Wildman–Crippen MR) is 122 cm³/mol. The van der Waals surface area contributed by atoms with Crippen LogP contribution in [0.1, 0.15) is 44.9 Å². The first-order chi connectivity index (χ1) is 15.6. The normalized spacial score (nSPS) is 19.5. The summed E-state index contributed by atoms with van der Waals surface area (Å²) in [6.45, 7) is 2.33. The Morgan fingerprint density at radius 2 is 1.88 bits per heavy atom. The summed E-state index contributed by atoms with van der Waals surface area (Å²) < 4.78 is 5.39. The smallest absolute Gasteiger partial charge is 0.229 e. The molecule has 2 aliphatic rings. The van der Waals surface area contributed by atoms with E-state index in [-0.39, 0.29) is 23.6 Å². The molecular formula is C25H31N3O4. The van der Waals surface area contributed by atoms with Crippen LogP contribution in [0, 0.1) is 5.92 Å². The van der Waals surface area contributed by atoms with Crippen LogP contribution in [0.5, 0.6) is 0 Å². The monoisotopic (exact) mass is 437 g/mol. The molecule has 1 N–H and O–H groups in total. The van der Waals surface area contributed by atoms with Crippen LogP contribution >= 0.6 is 0 Å². The number of benzene rings is 1. The van der Waals surface area contributed by atoms with E-state index < -0.39 is 0 Å². The Hall–Kier alpha value is -3.09. The van der Waals surface area contributed by atoms with Gasteiger partial charge in [0.1, 0.15) is 5.76 Å². The number of hydrogen-bond acceptors (Lipinski definition) is 4. The van der Waals surface area contributed by atoms with Crippen molar-refractivity contribution in [3.05, 3.63) is 42.7 Å². The minimum Gasteiger partial charge on any atom is -0.464 e. The van der Waals surface area contributed by atoms with Gasteiger partial charge in [0.15, 0.2) is 0 Å². The Bertz CT molecular complexity index is 923.